The molecule has 2 aliphatic rings. The van der Waals surface area contributed by atoms with E-state index < -0.39 is 0 Å². The van der Waals surface area contributed by atoms with Crippen LogP contribution in [0.2, 0.25) is 0 Å². The van der Waals surface area contributed by atoms with Gasteiger partial charge in [0.2, 0.25) is 5.91 Å². The van der Waals surface area contributed by atoms with Gasteiger partial charge in [0, 0.05) is 38.0 Å². The largest absolute Gasteiger partial charge is 0.349 e. The number of carbonyl (C=O) groups is 2. The topological polar surface area (TPSA) is 43.9 Å². The zero-order chi connectivity index (χ0) is 19.0. The van der Waals surface area contributed by atoms with E-state index in [2.05, 4.69) is 38.0 Å². The first-order chi connectivity index (χ1) is 11.8. The van der Waals surface area contributed by atoms with Crippen LogP contribution >= 0.6 is 0 Å². The van der Waals surface area contributed by atoms with Crippen LogP contribution in [0.4, 0.5) is 0 Å². The van der Waals surface area contributed by atoms with Crippen molar-refractivity contribution in [2.24, 2.45) is 11.8 Å². The first kappa shape index (κ1) is 22.1. The third-order valence-electron chi connectivity index (χ3n) is 5.78. The summed E-state index contributed by atoms with van der Waals surface area (Å²) in [5.41, 5.74) is 0. The molecule has 5 heteroatoms. The Hall–Kier alpha value is -0.940. The van der Waals surface area contributed by atoms with Crippen molar-refractivity contribution in [1.82, 2.24) is 14.7 Å². The van der Waals surface area contributed by atoms with Gasteiger partial charge in [0.05, 0.1) is 0 Å². The van der Waals surface area contributed by atoms with E-state index in [-0.39, 0.29) is 5.92 Å². The minimum atomic E-state index is 0.256. The molecule has 2 aliphatic carbocycles. The van der Waals surface area contributed by atoms with Gasteiger partial charge >= 0.3 is 0 Å². The summed E-state index contributed by atoms with van der Waals surface area (Å²) in [6.45, 7) is 0. The molecule has 0 aromatic heterocycles. The molecule has 25 heavy (non-hydrogen) atoms. The fourth-order valence-electron chi connectivity index (χ4n) is 4.02. The van der Waals surface area contributed by atoms with Crippen LogP contribution in [0.1, 0.15) is 51.4 Å². The van der Waals surface area contributed by atoms with Crippen molar-refractivity contribution in [3.05, 3.63) is 0 Å². The molecule has 4 unspecified atom stereocenters. The zero-order valence-electron chi connectivity index (χ0n) is 17.2. The van der Waals surface area contributed by atoms with Gasteiger partial charge in [0.1, 0.15) is 6.29 Å². The average Bonchev–Trinajstić information content (AvgIpc) is 2.61. The highest BCUT2D eigenvalue weighted by atomic mass is 16.2. The molecule has 0 bridgehead atoms. The van der Waals surface area contributed by atoms with Gasteiger partial charge in [-0.15, -0.1) is 0 Å². The van der Waals surface area contributed by atoms with E-state index in [0.29, 0.717) is 23.9 Å². The highest BCUT2D eigenvalue weighted by molar-refractivity contribution is 5.78. The second kappa shape index (κ2) is 10.9. The molecule has 0 heterocycles. The summed E-state index contributed by atoms with van der Waals surface area (Å²) in [4.78, 5) is 28.5. The molecule has 0 aliphatic heterocycles. The van der Waals surface area contributed by atoms with Gasteiger partial charge in [-0.25, -0.2) is 0 Å². The van der Waals surface area contributed by atoms with Crippen LogP contribution < -0.4 is 0 Å². The Morgan fingerprint density at radius 1 is 0.800 bits per heavy atom. The van der Waals surface area contributed by atoms with E-state index in [1.54, 1.807) is 4.90 Å². The lowest BCUT2D eigenvalue weighted by Crippen LogP contribution is -2.39. The van der Waals surface area contributed by atoms with E-state index in [9.17, 15) is 9.59 Å². The van der Waals surface area contributed by atoms with Gasteiger partial charge in [-0.05, 0) is 66.7 Å². The third-order valence-corrected chi connectivity index (χ3v) is 5.78. The summed E-state index contributed by atoms with van der Waals surface area (Å²) in [5, 5.41) is 0. The number of nitrogens with zero attached hydrogens (tertiary/aromatic N) is 3. The Balaban J connectivity index is 0.000000257. The van der Waals surface area contributed by atoms with Crippen molar-refractivity contribution in [2.45, 2.75) is 63.5 Å². The third kappa shape index (κ3) is 7.45. The molecule has 1 amide bonds. The van der Waals surface area contributed by atoms with Crippen LogP contribution in [0.5, 0.6) is 0 Å². The lowest BCUT2D eigenvalue weighted by molar-refractivity contribution is -0.134. The highest BCUT2D eigenvalue weighted by Crippen LogP contribution is 2.27. The number of hydrogen-bond acceptors (Lipinski definition) is 4. The molecule has 2 fully saturated rings. The zero-order valence-corrected chi connectivity index (χ0v) is 17.2. The SMILES string of the molecule is CN(C)C(=O)C1CCCC(N(C)C)C1.CN(C)C1CCCC(C=O)C1. The number of rotatable bonds is 4. The van der Waals surface area contributed by atoms with Crippen LogP contribution in [-0.4, -0.2) is 81.3 Å². The molecule has 0 aromatic carbocycles. The van der Waals surface area contributed by atoms with Gasteiger partial charge < -0.3 is 19.5 Å². The Kier molecular flexibility index (Phi) is 9.65. The second-order valence-corrected chi connectivity index (χ2v) is 8.39. The van der Waals surface area contributed by atoms with Crippen molar-refractivity contribution in [2.75, 3.05) is 42.3 Å². The molecule has 146 valence electrons. The Labute approximate surface area is 154 Å². The summed E-state index contributed by atoms with van der Waals surface area (Å²) in [6.07, 6.45) is 10.3. The van der Waals surface area contributed by atoms with Crippen LogP contribution in [0.25, 0.3) is 0 Å². The predicted octanol–water partition coefficient (Wildman–Crippen LogP) is 2.50. The fraction of sp³-hybridized carbons (Fsp3) is 0.900. The molecule has 0 radical (unpaired) electrons. The van der Waals surface area contributed by atoms with E-state index in [1.165, 1.54) is 25.7 Å². The molecule has 0 N–H and O–H groups in total. The van der Waals surface area contributed by atoms with Gasteiger partial charge in [-0.1, -0.05) is 12.8 Å². The van der Waals surface area contributed by atoms with E-state index >= 15 is 0 Å². The monoisotopic (exact) mass is 353 g/mol. The molecule has 4 atom stereocenters. The molecule has 0 aromatic rings. The van der Waals surface area contributed by atoms with Gasteiger partial charge in [0.25, 0.3) is 0 Å². The number of aldehydes is 1. The van der Waals surface area contributed by atoms with Crippen molar-refractivity contribution in [1.29, 1.82) is 0 Å². The molecule has 0 spiro atoms. The first-order valence-corrected chi connectivity index (χ1v) is 9.75. The first-order valence-electron chi connectivity index (χ1n) is 9.75. The summed E-state index contributed by atoms with van der Waals surface area (Å²) in [5.74, 6) is 0.888. The van der Waals surface area contributed by atoms with Crippen molar-refractivity contribution >= 4 is 12.2 Å². The minimum absolute atomic E-state index is 0.256. The lowest BCUT2D eigenvalue weighted by atomic mass is 9.84. The minimum Gasteiger partial charge on any atom is -0.349 e. The molecule has 5 nitrogen and oxygen atoms in total. The van der Waals surface area contributed by atoms with Gasteiger partial charge in [0.15, 0.2) is 0 Å². The van der Waals surface area contributed by atoms with Gasteiger partial charge in [-0.2, -0.15) is 0 Å². The van der Waals surface area contributed by atoms with E-state index in [4.69, 9.17) is 0 Å². The molecule has 2 saturated carbocycles. The average molecular weight is 354 g/mol. The number of carbonyl (C=O) groups excluding carboxylic acids is 2. The van der Waals surface area contributed by atoms with Crippen LogP contribution in [-0.2, 0) is 9.59 Å². The van der Waals surface area contributed by atoms with E-state index in [0.717, 1.165) is 32.0 Å². The Bertz CT molecular complexity index is 410. The van der Waals surface area contributed by atoms with E-state index in [1.807, 2.05) is 14.1 Å². The highest BCUT2D eigenvalue weighted by Gasteiger charge is 2.28. The van der Waals surface area contributed by atoms with Crippen molar-refractivity contribution in [3.8, 4) is 0 Å². The van der Waals surface area contributed by atoms with Crippen LogP contribution in [0, 0.1) is 11.8 Å². The maximum Gasteiger partial charge on any atom is 0.225 e. The predicted molar refractivity (Wildman–Crippen MR) is 104 cm³/mol. The van der Waals surface area contributed by atoms with Crippen LogP contribution in [0.15, 0.2) is 0 Å². The maximum absolute atomic E-state index is 11.8. The Morgan fingerprint density at radius 2 is 1.32 bits per heavy atom. The number of hydrogen-bond donors (Lipinski definition) is 0. The maximum atomic E-state index is 11.8. The molecular formula is C20H39N3O2. The second-order valence-electron chi connectivity index (χ2n) is 8.39. The van der Waals surface area contributed by atoms with Crippen molar-refractivity contribution < 1.29 is 9.59 Å². The number of amides is 1. The molecule has 2 rings (SSSR count). The quantitative estimate of drug-likeness (QED) is 0.729. The molecular weight excluding hydrogens is 314 g/mol. The molecule has 0 saturated heterocycles. The smallest absolute Gasteiger partial charge is 0.225 e. The van der Waals surface area contributed by atoms with Crippen molar-refractivity contribution in [3.63, 3.8) is 0 Å². The van der Waals surface area contributed by atoms with Gasteiger partial charge in [-0.3, -0.25) is 4.79 Å². The summed E-state index contributed by atoms with van der Waals surface area (Å²) in [6, 6.07) is 1.23. The Morgan fingerprint density at radius 3 is 1.80 bits per heavy atom. The van der Waals surface area contributed by atoms with Crippen LogP contribution in [0.3, 0.4) is 0 Å². The fourth-order valence-corrected chi connectivity index (χ4v) is 4.02. The normalized spacial score (nSPS) is 29.8. The standard InChI is InChI=1S/C11H22N2O.C9H17NO/c1-12(2)10-7-5-6-9(8-10)11(14)13(3)4;1-10(2)9-5-3-4-8(6-9)7-11/h9-10H,5-8H2,1-4H3;7-9H,3-6H2,1-2H3. The summed E-state index contributed by atoms with van der Waals surface area (Å²) in [7, 11) is 12.1. The lowest BCUT2D eigenvalue weighted by Gasteiger charge is -2.33. The summed E-state index contributed by atoms with van der Waals surface area (Å²) < 4.78 is 0. The summed E-state index contributed by atoms with van der Waals surface area (Å²) >= 11 is 0.